The van der Waals surface area contributed by atoms with Gasteiger partial charge in [-0.25, -0.2) is 0 Å². The van der Waals surface area contributed by atoms with Gasteiger partial charge in [-0.2, -0.15) is 0 Å². The quantitative estimate of drug-likeness (QED) is 0.803. The summed E-state index contributed by atoms with van der Waals surface area (Å²) in [5.41, 5.74) is 2.47. The Labute approximate surface area is 95.9 Å². The number of fused-ring (bicyclic) bond motifs is 1. The second-order valence-electron chi connectivity index (χ2n) is 3.96. The van der Waals surface area contributed by atoms with Crippen molar-refractivity contribution in [2.75, 3.05) is 27.4 Å². The molecule has 4 nitrogen and oxygen atoms in total. The third kappa shape index (κ3) is 1.99. The molecule has 0 saturated heterocycles. The van der Waals surface area contributed by atoms with E-state index in [1.807, 2.05) is 20.2 Å². The molecule has 0 fully saturated rings. The molecule has 1 aliphatic heterocycles. The molecule has 0 bridgehead atoms. The van der Waals surface area contributed by atoms with Crippen molar-refractivity contribution in [3.63, 3.8) is 0 Å². The molecule has 16 heavy (non-hydrogen) atoms. The molecule has 0 radical (unpaired) electrons. The number of nitrogens with one attached hydrogen (secondary N) is 2. The Morgan fingerprint density at radius 2 is 1.94 bits per heavy atom. The Kier molecular flexibility index (Phi) is 3.31. The van der Waals surface area contributed by atoms with Crippen LogP contribution >= 0.6 is 0 Å². The Hall–Kier alpha value is -1.26. The highest BCUT2D eigenvalue weighted by Gasteiger charge is 2.19. The highest BCUT2D eigenvalue weighted by molar-refractivity contribution is 5.49. The summed E-state index contributed by atoms with van der Waals surface area (Å²) in [6.07, 6.45) is 0. The molecule has 1 atom stereocenters. The Morgan fingerprint density at radius 3 is 2.56 bits per heavy atom. The Balaban J connectivity index is 2.32. The average molecular weight is 222 g/mol. The third-order valence-electron chi connectivity index (χ3n) is 2.89. The lowest BCUT2D eigenvalue weighted by atomic mass is 10.0. The predicted molar refractivity (Wildman–Crippen MR) is 63.0 cm³/mol. The number of benzene rings is 1. The molecular formula is C12H18N2O2. The van der Waals surface area contributed by atoms with Crippen LogP contribution in [-0.4, -0.2) is 27.4 Å². The second kappa shape index (κ2) is 4.72. The van der Waals surface area contributed by atoms with Gasteiger partial charge in [0.1, 0.15) is 0 Å². The smallest absolute Gasteiger partial charge is 0.231 e. The van der Waals surface area contributed by atoms with Crippen molar-refractivity contribution >= 4 is 0 Å². The van der Waals surface area contributed by atoms with E-state index in [1.54, 1.807) is 0 Å². The number of ether oxygens (including phenoxy) is 2. The zero-order chi connectivity index (χ0) is 11.5. The summed E-state index contributed by atoms with van der Waals surface area (Å²) in [6, 6.07) is 4.40. The molecule has 0 aliphatic carbocycles. The molecule has 0 amide bonds. The highest BCUT2D eigenvalue weighted by atomic mass is 16.7. The monoisotopic (exact) mass is 222 g/mol. The molecule has 1 aliphatic rings. The summed E-state index contributed by atoms with van der Waals surface area (Å²) in [5, 5.41) is 6.47. The van der Waals surface area contributed by atoms with Gasteiger partial charge in [-0.05, 0) is 44.3 Å². The first-order valence-electron chi connectivity index (χ1n) is 5.48. The van der Waals surface area contributed by atoms with E-state index < -0.39 is 0 Å². The van der Waals surface area contributed by atoms with Gasteiger partial charge >= 0.3 is 0 Å². The van der Waals surface area contributed by atoms with Crippen molar-refractivity contribution in [3.05, 3.63) is 23.3 Å². The third-order valence-corrected chi connectivity index (χ3v) is 2.89. The molecule has 88 valence electrons. The maximum atomic E-state index is 5.40. The fourth-order valence-electron chi connectivity index (χ4n) is 2.01. The molecule has 0 spiro atoms. The molecule has 1 heterocycles. The van der Waals surface area contributed by atoms with Crippen molar-refractivity contribution < 1.29 is 9.47 Å². The van der Waals surface area contributed by atoms with Crippen molar-refractivity contribution in [2.24, 2.45) is 0 Å². The lowest BCUT2D eigenvalue weighted by Crippen LogP contribution is -2.27. The average Bonchev–Trinajstić information content (AvgIpc) is 2.72. The number of rotatable bonds is 4. The SMILES string of the molecule is CNCC(NC)c1cc2c(cc1C)OCO2. The first kappa shape index (κ1) is 11.2. The van der Waals surface area contributed by atoms with Crippen LogP contribution in [-0.2, 0) is 0 Å². The van der Waals surface area contributed by atoms with Crippen LogP contribution in [0.5, 0.6) is 11.5 Å². The van der Waals surface area contributed by atoms with Crippen LogP contribution in [0.2, 0.25) is 0 Å². The van der Waals surface area contributed by atoms with Gasteiger partial charge in [-0.15, -0.1) is 0 Å². The first-order chi connectivity index (χ1) is 7.76. The molecule has 1 aromatic carbocycles. The normalized spacial score (nSPS) is 15.2. The van der Waals surface area contributed by atoms with Gasteiger partial charge in [-0.3, -0.25) is 0 Å². The Bertz CT molecular complexity index is 380. The van der Waals surface area contributed by atoms with E-state index in [9.17, 15) is 0 Å². The van der Waals surface area contributed by atoms with E-state index in [0.29, 0.717) is 12.8 Å². The molecule has 4 heteroatoms. The summed E-state index contributed by atoms with van der Waals surface area (Å²) < 4.78 is 10.7. The van der Waals surface area contributed by atoms with Crippen molar-refractivity contribution in [1.82, 2.24) is 10.6 Å². The topological polar surface area (TPSA) is 42.5 Å². The van der Waals surface area contributed by atoms with Crippen LogP contribution in [0.15, 0.2) is 12.1 Å². The maximum Gasteiger partial charge on any atom is 0.231 e. The van der Waals surface area contributed by atoms with E-state index in [1.165, 1.54) is 11.1 Å². The number of hydrogen-bond acceptors (Lipinski definition) is 4. The fraction of sp³-hybridized carbons (Fsp3) is 0.500. The second-order valence-corrected chi connectivity index (χ2v) is 3.96. The minimum absolute atomic E-state index is 0.291. The van der Waals surface area contributed by atoms with Gasteiger partial charge in [0.15, 0.2) is 11.5 Å². The lowest BCUT2D eigenvalue weighted by Gasteiger charge is -2.18. The Morgan fingerprint density at radius 1 is 1.25 bits per heavy atom. The van der Waals surface area contributed by atoms with Crippen LogP contribution in [0.25, 0.3) is 0 Å². The van der Waals surface area contributed by atoms with Crippen LogP contribution in [0.1, 0.15) is 17.2 Å². The highest BCUT2D eigenvalue weighted by Crippen LogP contribution is 2.36. The molecule has 0 saturated carbocycles. The summed E-state index contributed by atoms with van der Waals surface area (Å²) in [6.45, 7) is 3.31. The summed E-state index contributed by atoms with van der Waals surface area (Å²) in [4.78, 5) is 0. The first-order valence-corrected chi connectivity index (χ1v) is 5.48. The van der Waals surface area contributed by atoms with Crippen molar-refractivity contribution in [3.8, 4) is 11.5 Å². The van der Waals surface area contributed by atoms with Crippen LogP contribution in [0.3, 0.4) is 0 Å². The fourth-order valence-corrected chi connectivity index (χ4v) is 2.01. The lowest BCUT2D eigenvalue weighted by molar-refractivity contribution is 0.174. The van der Waals surface area contributed by atoms with Gasteiger partial charge < -0.3 is 20.1 Å². The van der Waals surface area contributed by atoms with Gasteiger partial charge in [-0.1, -0.05) is 0 Å². The number of likely N-dealkylation sites (N-methyl/N-ethyl adjacent to an activating group) is 2. The van der Waals surface area contributed by atoms with E-state index in [4.69, 9.17) is 9.47 Å². The van der Waals surface area contributed by atoms with E-state index >= 15 is 0 Å². The van der Waals surface area contributed by atoms with E-state index in [0.717, 1.165) is 18.0 Å². The zero-order valence-electron chi connectivity index (χ0n) is 9.96. The van der Waals surface area contributed by atoms with E-state index in [-0.39, 0.29) is 0 Å². The molecule has 1 unspecified atom stereocenters. The minimum atomic E-state index is 0.291. The zero-order valence-corrected chi connectivity index (χ0v) is 9.96. The molecule has 2 N–H and O–H groups in total. The molecule has 2 rings (SSSR count). The molecular weight excluding hydrogens is 204 g/mol. The summed E-state index contributed by atoms with van der Waals surface area (Å²) in [5.74, 6) is 1.69. The summed E-state index contributed by atoms with van der Waals surface area (Å²) >= 11 is 0. The number of hydrogen-bond donors (Lipinski definition) is 2. The van der Waals surface area contributed by atoms with Gasteiger partial charge in [0.25, 0.3) is 0 Å². The molecule has 1 aromatic rings. The predicted octanol–water partition coefficient (Wildman–Crippen LogP) is 1.20. The van der Waals surface area contributed by atoms with Gasteiger partial charge in [0, 0.05) is 12.6 Å². The van der Waals surface area contributed by atoms with Crippen molar-refractivity contribution in [1.29, 1.82) is 0 Å². The minimum Gasteiger partial charge on any atom is -0.454 e. The number of aryl methyl sites for hydroxylation is 1. The summed E-state index contributed by atoms with van der Waals surface area (Å²) in [7, 11) is 3.92. The van der Waals surface area contributed by atoms with Crippen LogP contribution in [0, 0.1) is 6.92 Å². The van der Waals surface area contributed by atoms with Gasteiger partial charge in [0.2, 0.25) is 6.79 Å². The molecule has 0 aromatic heterocycles. The largest absolute Gasteiger partial charge is 0.454 e. The van der Waals surface area contributed by atoms with Crippen LogP contribution < -0.4 is 20.1 Å². The van der Waals surface area contributed by atoms with E-state index in [2.05, 4.69) is 23.6 Å². The van der Waals surface area contributed by atoms with Crippen molar-refractivity contribution in [2.45, 2.75) is 13.0 Å². The van der Waals surface area contributed by atoms with Gasteiger partial charge in [0.05, 0.1) is 0 Å². The maximum absolute atomic E-state index is 5.40. The standard InChI is InChI=1S/C12H18N2O2/c1-8-4-11-12(16-7-15-11)5-9(8)10(14-3)6-13-2/h4-5,10,13-14H,6-7H2,1-3H3. The van der Waals surface area contributed by atoms with Crippen LogP contribution in [0.4, 0.5) is 0 Å².